The van der Waals surface area contributed by atoms with E-state index in [-0.39, 0.29) is 5.41 Å². The Balaban J connectivity index is 2.63. The van der Waals surface area contributed by atoms with Crippen molar-refractivity contribution in [3.63, 3.8) is 0 Å². The molecule has 3 nitrogen and oxygen atoms in total. The minimum Gasteiger partial charge on any atom is -0.361 e. The molecule has 0 atom stereocenters. The first kappa shape index (κ1) is 11.2. The summed E-state index contributed by atoms with van der Waals surface area (Å²) in [5, 5.41) is 7.20. The lowest BCUT2D eigenvalue weighted by atomic mass is 9.90. The van der Waals surface area contributed by atoms with Crippen LogP contribution in [0.1, 0.15) is 45.4 Å². The second-order valence-electron chi connectivity index (χ2n) is 4.61. The third-order valence-electron chi connectivity index (χ3n) is 2.07. The zero-order chi connectivity index (χ0) is 10.6. The van der Waals surface area contributed by atoms with Crippen LogP contribution in [0.5, 0.6) is 0 Å². The molecule has 0 aliphatic heterocycles. The molecule has 0 spiro atoms. The Kier molecular flexibility index (Phi) is 3.69. The van der Waals surface area contributed by atoms with Crippen LogP contribution < -0.4 is 5.32 Å². The average molecular weight is 196 g/mol. The molecule has 1 heterocycles. The molecule has 0 bridgehead atoms. The largest absolute Gasteiger partial charge is 0.361 e. The number of rotatable bonds is 4. The van der Waals surface area contributed by atoms with Crippen LogP contribution in [-0.4, -0.2) is 11.7 Å². The topological polar surface area (TPSA) is 38.1 Å². The lowest BCUT2D eigenvalue weighted by molar-refractivity contribution is 0.326. The summed E-state index contributed by atoms with van der Waals surface area (Å²) >= 11 is 0. The van der Waals surface area contributed by atoms with Crippen LogP contribution >= 0.6 is 0 Å². The molecule has 3 heteroatoms. The van der Waals surface area contributed by atoms with E-state index in [4.69, 9.17) is 4.52 Å². The van der Waals surface area contributed by atoms with Gasteiger partial charge in [0.05, 0.1) is 6.20 Å². The van der Waals surface area contributed by atoms with Crippen LogP contribution in [0.3, 0.4) is 0 Å². The van der Waals surface area contributed by atoms with Crippen molar-refractivity contribution in [1.82, 2.24) is 10.5 Å². The number of hydrogen-bond donors (Lipinski definition) is 1. The van der Waals surface area contributed by atoms with Crippen molar-refractivity contribution < 1.29 is 4.52 Å². The van der Waals surface area contributed by atoms with Crippen LogP contribution in [-0.2, 0) is 12.0 Å². The van der Waals surface area contributed by atoms with Gasteiger partial charge in [0, 0.05) is 17.5 Å². The van der Waals surface area contributed by atoms with Gasteiger partial charge in [-0.15, -0.1) is 0 Å². The summed E-state index contributed by atoms with van der Waals surface area (Å²) in [7, 11) is 0. The lowest BCUT2D eigenvalue weighted by Crippen LogP contribution is -2.18. The molecule has 0 fully saturated rings. The molecule has 1 aromatic heterocycles. The molecule has 0 aliphatic carbocycles. The first-order valence-electron chi connectivity index (χ1n) is 5.20. The maximum absolute atomic E-state index is 5.27. The molecule has 0 amide bonds. The maximum Gasteiger partial charge on any atom is 0.146 e. The fourth-order valence-electron chi connectivity index (χ4n) is 1.40. The van der Waals surface area contributed by atoms with E-state index in [2.05, 4.69) is 38.2 Å². The van der Waals surface area contributed by atoms with E-state index in [0.29, 0.717) is 0 Å². The normalized spacial score (nSPS) is 12.0. The van der Waals surface area contributed by atoms with E-state index in [1.54, 1.807) is 0 Å². The first-order chi connectivity index (χ1) is 6.55. The predicted octanol–water partition coefficient (Wildman–Crippen LogP) is 2.47. The van der Waals surface area contributed by atoms with E-state index in [1.165, 1.54) is 5.56 Å². The Labute approximate surface area is 85.9 Å². The number of aromatic nitrogens is 1. The van der Waals surface area contributed by atoms with Gasteiger partial charge in [0.25, 0.3) is 0 Å². The van der Waals surface area contributed by atoms with E-state index >= 15 is 0 Å². The van der Waals surface area contributed by atoms with Gasteiger partial charge in [0.2, 0.25) is 0 Å². The zero-order valence-corrected chi connectivity index (χ0v) is 9.55. The van der Waals surface area contributed by atoms with Crippen molar-refractivity contribution in [3.05, 3.63) is 17.5 Å². The van der Waals surface area contributed by atoms with Crippen LogP contribution in [0.25, 0.3) is 0 Å². The van der Waals surface area contributed by atoms with Crippen LogP contribution in [0.15, 0.2) is 10.7 Å². The molecule has 80 valence electrons. The van der Waals surface area contributed by atoms with E-state index in [1.807, 2.05) is 6.20 Å². The molecule has 0 radical (unpaired) electrons. The Morgan fingerprint density at radius 1 is 1.43 bits per heavy atom. The molecular weight excluding hydrogens is 176 g/mol. The van der Waals surface area contributed by atoms with E-state index < -0.39 is 0 Å². The van der Waals surface area contributed by atoms with Gasteiger partial charge in [0.1, 0.15) is 5.76 Å². The summed E-state index contributed by atoms with van der Waals surface area (Å²) in [6, 6.07) is 0. The molecule has 1 N–H and O–H groups in total. The summed E-state index contributed by atoms with van der Waals surface area (Å²) in [5.41, 5.74) is 1.21. The monoisotopic (exact) mass is 196 g/mol. The minimum atomic E-state index is 0.0414. The molecule has 0 saturated carbocycles. The van der Waals surface area contributed by atoms with Crippen molar-refractivity contribution in [2.24, 2.45) is 0 Å². The molecule has 0 aromatic carbocycles. The quantitative estimate of drug-likeness (QED) is 0.752. The van der Waals surface area contributed by atoms with Crippen LogP contribution in [0.2, 0.25) is 0 Å². The van der Waals surface area contributed by atoms with Gasteiger partial charge >= 0.3 is 0 Å². The first-order valence-corrected chi connectivity index (χ1v) is 5.20. The predicted molar refractivity (Wildman–Crippen MR) is 57.2 cm³/mol. The van der Waals surface area contributed by atoms with Gasteiger partial charge in [0.15, 0.2) is 0 Å². The summed E-state index contributed by atoms with van der Waals surface area (Å²) < 4.78 is 5.27. The highest BCUT2D eigenvalue weighted by atomic mass is 16.5. The lowest BCUT2D eigenvalue weighted by Gasteiger charge is -2.15. The Morgan fingerprint density at radius 3 is 2.71 bits per heavy atom. The second kappa shape index (κ2) is 4.60. The van der Waals surface area contributed by atoms with Gasteiger partial charge in [-0.1, -0.05) is 32.9 Å². The average Bonchev–Trinajstić information content (AvgIpc) is 2.52. The van der Waals surface area contributed by atoms with Gasteiger partial charge in [-0.2, -0.15) is 0 Å². The molecule has 0 saturated heterocycles. The maximum atomic E-state index is 5.27. The van der Waals surface area contributed by atoms with Crippen molar-refractivity contribution in [2.75, 3.05) is 6.54 Å². The molecule has 14 heavy (non-hydrogen) atoms. The van der Waals surface area contributed by atoms with Crippen molar-refractivity contribution in [2.45, 2.75) is 46.1 Å². The van der Waals surface area contributed by atoms with Crippen LogP contribution in [0.4, 0.5) is 0 Å². The zero-order valence-electron chi connectivity index (χ0n) is 9.55. The standard InChI is InChI=1S/C11H20N2O/c1-5-6-12-7-9-8-13-14-10(9)11(2,3)4/h8,12H,5-7H2,1-4H3. The van der Waals surface area contributed by atoms with Gasteiger partial charge in [-0.25, -0.2) is 0 Å². The summed E-state index contributed by atoms with van der Waals surface area (Å²) in [6.07, 6.45) is 2.96. The Hall–Kier alpha value is -0.830. The van der Waals surface area contributed by atoms with Crippen LogP contribution in [0, 0.1) is 0 Å². The molecule has 0 unspecified atom stereocenters. The summed E-state index contributed by atoms with van der Waals surface area (Å²) in [4.78, 5) is 0. The SMILES string of the molecule is CCCNCc1cnoc1C(C)(C)C. The second-order valence-corrected chi connectivity index (χ2v) is 4.61. The number of nitrogens with zero attached hydrogens (tertiary/aromatic N) is 1. The van der Waals surface area contributed by atoms with Gasteiger partial charge in [-0.05, 0) is 13.0 Å². The van der Waals surface area contributed by atoms with Crippen molar-refractivity contribution >= 4 is 0 Å². The summed E-state index contributed by atoms with van der Waals surface area (Å²) in [6.45, 7) is 10.5. The third kappa shape index (κ3) is 2.84. The highest BCUT2D eigenvalue weighted by molar-refractivity contribution is 5.20. The number of nitrogens with one attached hydrogen (secondary N) is 1. The highest BCUT2D eigenvalue weighted by Crippen LogP contribution is 2.25. The fraction of sp³-hybridized carbons (Fsp3) is 0.727. The Morgan fingerprint density at radius 2 is 2.14 bits per heavy atom. The minimum absolute atomic E-state index is 0.0414. The molecule has 0 aliphatic rings. The van der Waals surface area contributed by atoms with Gasteiger partial charge in [-0.3, -0.25) is 0 Å². The molecule has 1 aromatic rings. The molecular formula is C11H20N2O. The van der Waals surface area contributed by atoms with Gasteiger partial charge < -0.3 is 9.84 Å². The summed E-state index contributed by atoms with van der Waals surface area (Å²) in [5.74, 6) is 0.987. The third-order valence-corrected chi connectivity index (χ3v) is 2.07. The fourth-order valence-corrected chi connectivity index (χ4v) is 1.40. The Bertz CT molecular complexity index is 273. The smallest absolute Gasteiger partial charge is 0.146 e. The highest BCUT2D eigenvalue weighted by Gasteiger charge is 2.22. The van der Waals surface area contributed by atoms with Crippen molar-refractivity contribution in [3.8, 4) is 0 Å². The van der Waals surface area contributed by atoms with E-state index in [0.717, 1.165) is 25.3 Å². The van der Waals surface area contributed by atoms with E-state index in [9.17, 15) is 0 Å². The van der Waals surface area contributed by atoms with Crippen molar-refractivity contribution in [1.29, 1.82) is 0 Å². The number of hydrogen-bond acceptors (Lipinski definition) is 3. The molecule has 1 rings (SSSR count).